The predicted molar refractivity (Wildman–Crippen MR) is 129 cm³/mol. The predicted octanol–water partition coefficient (Wildman–Crippen LogP) is 4.77. The van der Waals surface area contributed by atoms with Crippen LogP contribution in [0.1, 0.15) is 24.1 Å². The van der Waals surface area contributed by atoms with Crippen molar-refractivity contribution in [3.8, 4) is 5.75 Å². The zero-order chi connectivity index (χ0) is 23.1. The summed E-state index contributed by atoms with van der Waals surface area (Å²) in [7, 11) is -3.72. The quantitative estimate of drug-likeness (QED) is 0.440. The number of benzene rings is 3. The van der Waals surface area contributed by atoms with E-state index in [9.17, 15) is 13.2 Å². The van der Waals surface area contributed by atoms with Gasteiger partial charge in [-0.1, -0.05) is 30.3 Å². The molecular formula is C24H26N2O4S2. The van der Waals surface area contributed by atoms with Crippen molar-refractivity contribution < 1.29 is 17.9 Å². The molecular weight excluding hydrogens is 444 g/mol. The Morgan fingerprint density at radius 3 is 2.34 bits per heavy atom. The summed E-state index contributed by atoms with van der Waals surface area (Å²) in [5.41, 5.74) is 2.11. The topological polar surface area (TPSA) is 84.5 Å². The van der Waals surface area contributed by atoms with Crippen LogP contribution in [0.2, 0.25) is 0 Å². The van der Waals surface area contributed by atoms with Crippen LogP contribution in [0.5, 0.6) is 5.75 Å². The number of sulfonamides is 1. The molecule has 2 N–H and O–H groups in total. The van der Waals surface area contributed by atoms with Gasteiger partial charge in [0, 0.05) is 10.6 Å². The summed E-state index contributed by atoms with van der Waals surface area (Å²) in [6.07, 6.45) is 2.02. The van der Waals surface area contributed by atoms with Crippen LogP contribution in [0.25, 0.3) is 0 Å². The first kappa shape index (κ1) is 23.7. The molecule has 0 saturated heterocycles. The van der Waals surface area contributed by atoms with E-state index in [1.807, 2.05) is 43.5 Å². The molecule has 0 bridgehead atoms. The van der Waals surface area contributed by atoms with E-state index in [2.05, 4.69) is 10.0 Å². The highest BCUT2D eigenvalue weighted by Gasteiger charge is 2.16. The van der Waals surface area contributed by atoms with Crippen LogP contribution in [0, 0.1) is 6.92 Å². The average Bonchev–Trinajstić information content (AvgIpc) is 2.78. The Balaban J connectivity index is 1.58. The van der Waals surface area contributed by atoms with E-state index < -0.39 is 10.0 Å². The summed E-state index contributed by atoms with van der Waals surface area (Å²) in [5, 5.41) is 2.91. The standard InChI is InChI=1S/C24H26N2O4S2/c1-17-15-22(32(28,29)26-20-7-5-4-6-8-20)13-14-23(17)30-16-24(27)25-18(2)19-9-11-21(31-3)12-10-19/h4-15,18,26H,16H2,1-3H3,(H,25,27)/t18-/m1/s1. The number of ether oxygens (including phenoxy) is 1. The number of amides is 1. The minimum absolute atomic E-state index is 0.123. The van der Waals surface area contributed by atoms with Gasteiger partial charge in [0.15, 0.2) is 6.61 Å². The highest BCUT2D eigenvalue weighted by molar-refractivity contribution is 7.98. The fourth-order valence-electron chi connectivity index (χ4n) is 3.07. The fourth-order valence-corrected chi connectivity index (χ4v) is 4.63. The van der Waals surface area contributed by atoms with Gasteiger partial charge < -0.3 is 10.1 Å². The van der Waals surface area contributed by atoms with Gasteiger partial charge in [-0.25, -0.2) is 8.42 Å². The maximum absolute atomic E-state index is 12.6. The van der Waals surface area contributed by atoms with Crippen molar-refractivity contribution in [3.63, 3.8) is 0 Å². The largest absolute Gasteiger partial charge is 0.484 e. The molecule has 0 heterocycles. The van der Waals surface area contributed by atoms with Gasteiger partial charge in [-0.15, -0.1) is 11.8 Å². The lowest BCUT2D eigenvalue weighted by Gasteiger charge is -2.16. The summed E-state index contributed by atoms with van der Waals surface area (Å²) < 4.78 is 33.4. The Labute approximate surface area is 193 Å². The second kappa shape index (κ2) is 10.6. The zero-order valence-electron chi connectivity index (χ0n) is 18.2. The van der Waals surface area contributed by atoms with Crippen LogP contribution in [0.15, 0.2) is 82.6 Å². The number of hydrogen-bond acceptors (Lipinski definition) is 5. The minimum atomic E-state index is -3.72. The summed E-state index contributed by atoms with van der Waals surface area (Å²) in [6, 6.07) is 21.1. The molecule has 0 aromatic heterocycles. The van der Waals surface area contributed by atoms with Gasteiger partial charge in [0.25, 0.3) is 15.9 Å². The molecule has 0 spiro atoms. The third-order valence-corrected chi connectivity index (χ3v) is 6.96. The molecule has 0 aliphatic heterocycles. The normalized spacial score (nSPS) is 12.1. The van der Waals surface area contributed by atoms with Crippen LogP contribution in [-0.4, -0.2) is 27.2 Å². The Morgan fingerprint density at radius 2 is 1.72 bits per heavy atom. The number of anilines is 1. The number of aryl methyl sites for hydroxylation is 1. The molecule has 0 radical (unpaired) electrons. The van der Waals surface area contributed by atoms with Gasteiger partial charge in [0.2, 0.25) is 0 Å². The maximum Gasteiger partial charge on any atom is 0.261 e. The van der Waals surface area contributed by atoms with Crippen molar-refractivity contribution in [3.05, 3.63) is 83.9 Å². The van der Waals surface area contributed by atoms with Gasteiger partial charge >= 0.3 is 0 Å². The Morgan fingerprint density at radius 1 is 1.03 bits per heavy atom. The van der Waals surface area contributed by atoms with Gasteiger partial charge in [-0.05, 0) is 73.7 Å². The number of hydrogen-bond donors (Lipinski definition) is 2. The molecule has 3 aromatic carbocycles. The molecule has 1 atom stereocenters. The summed E-state index contributed by atoms with van der Waals surface area (Å²) in [4.78, 5) is 13.6. The van der Waals surface area contributed by atoms with E-state index in [4.69, 9.17) is 4.74 Å². The second-order valence-corrected chi connectivity index (χ2v) is 9.81. The molecule has 0 saturated carbocycles. The van der Waals surface area contributed by atoms with Crippen LogP contribution >= 0.6 is 11.8 Å². The van der Waals surface area contributed by atoms with Crippen molar-refractivity contribution in [2.24, 2.45) is 0 Å². The molecule has 0 unspecified atom stereocenters. The first-order valence-corrected chi connectivity index (χ1v) is 12.7. The minimum Gasteiger partial charge on any atom is -0.484 e. The summed E-state index contributed by atoms with van der Waals surface area (Å²) >= 11 is 1.66. The van der Waals surface area contributed by atoms with E-state index in [0.717, 1.165) is 10.5 Å². The molecule has 3 rings (SSSR count). The van der Waals surface area contributed by atoms with E-state index in [1.54, 1.807) is 49.0 Å². The van der Waals surface area contributed by atoms with Crippen LogP contribution < -0.4 is 14.8 Å². The van der Waals surface area contributed by atoms with Crippen molar-refractivity contribution in [2.75, 3.05) is 17.6 Å². The number of thioether (sulfide) groups is 1. The molecule has 0 aliphatic rings. The molecule has 6 nitrogen and oxygen atoms in total. The number of carbonyl (C=O) groups excluding carboxylic acids is 1. The van der Waals surface area contributed by atoms with Crippen molar-refractivity contribution in [2.45, 2.75) is 29.7 Å². The van der Waals surface area contributed by atoms with Gasteiger partial charge in [0.05, 0.1) is 10.9 Å². The lowest BCUT2D eigenvalue weighted by Crippen LogP contribution is -2.31. The third kappa shape index (κ3) is 6.27. The van der Waals surface area contributed by atoms with Gasteiger partial charge in [0.1, 0.15) is 5.75 Å². The summed E-state index contributed by atoms with van der Waals surface area (Å²) in [5.74, 6) is 0.198. The number of carbonyl (C=O) groups is 1. The van der Waals surface area contributed by atoms with Crippen molar-refractivity contribution in [1.82, 2.24) is 5.32 Å². The Hall–Kier alpha value is -2.97. The number of nitrogens with one attached hydrogen (secondary N) is 2. The first-order chi connectivity index (χ1) is 15.3. The molecule has 3 aromatic rings. The van der Waals surface area contributed by atoms with E-state index in [-0.39, 0.29) is 23.5 Å². The third-order valence-electron chi connectivity index (χ3n) is 4.83. The molecule has 8 heteroatoms. The Kier molecular flexibility index (Phi) is 7.82. The molecule has 32 heavy (non-hydrogen) atoms. The molecule has 0 aliphatic carbocycles. The zero-order valence-corrected chi connectivity index (χ0v) is 19.8. The SMILES string of the molecule is CSc1ccc([C@@H](C)NC(=O)COc2ccc(S(=O)(=O)Nc3ccccc3)cc2C)cc1. The molecule has 168 valence electrons. The number of rotatable bonds is 9. The lowest BCUT2D eigenvalue weighted by molar-refractivity contribution is -0.123. The maximum atomic E-state index is 12.6. The number of para-hydroxylation sites is 1. The first-order valence-electron chi connectivity index (χ1n) is 10.0. The van der Waals surface area contributed by atoms with E-state index in [0.29, 0.717) is 17.0 Å². The van der Waals surface area contributed by atoms with Crippen molar-refractivity contribution >= 4 is 33.4 Å². The van der Waals surface area contributed by atoms with Crippen LogP contribution in [0.3, 0.4) is 0 Å². The fraction of sp³-hybridized carbons (Fsp3) is 0.208. The highest BCUT2D eigenvalue weighted by Crippen LogP contribution is 2.24. The Bertz CT molecular complexity index is 1160. The van der Waals surface area contributed by atoms with Gasteiger partial charge in [-0.3, -0.25) is 9.52 Å². The highest BCUT2D eigenvalue weighted by atomic mass is 32.2. The average molecular weight is 471 g/mol. The van der Waals surface area contributed by atoms with Crippen molar-refractivity contribution in [1.29, 1.82) is 0 Å². The monoisotopic (exact) mass is 470 g/mol. The summed E-state index contributed by atoms with van der Waals surface area (Å²) in [6.45, 7) is 3.49. The lowest BCUT2D eigenvalue weighted by atomic mass is 10.1. The van der Waals surface area contributed by atoms with Crippen LogP contribution in [0.4, 0.5) is 5.69 Å². The van der Waals surface area contributed by atoms with E-state index in [1.165, 1.54) is 12.1 Å². The van der Waals surface area contributed by atoms with E-state index >= 15 is 0 Å². The molecule has 0 fully saturated rings. The second-order valence-electron chi connectivity index (χ2n) is 7.25. The molecule has 1 amide bonds. The van der Waals surface area contributed by atoms with Crippen LogP contribution in [-0.2, 0) is 14.8 Å². The van der Waals surface area contributed by atoms with Gasteiger partial charge in [-0.2, -0.15) is 0 Å². The smallest absolute Gasteiger partial charge is 0.261 e.